The van der Waals surface area contributed by atoms with Crippen LogP contribution in [0.5, 0.6) is 0 Å². The minimum Gasteiger partial charge on any atom is -0.364 e. The van der Waals surface area contributed by atoms with Crippen molar-refractivity contribution in [3.8, 4) is 0 Å². The van der Waals surface area contributed by atoms with Crippen LogP contribution < -0.4 is 5.73 Å². The molecule has 0 bridgehead atoms. The van der Waals surface area contributed by atoms with Gasteiger partial charge in [-0.05, 0) is 18.9 Å². The van der Waals surface area contributed by atoms with Gasteiger partial charge in [0.2, 0.25) is 0 Å². The summed E-state index contributed by atoms with van der Waals surface area (Å²) in [5, 5.41) is 4.13. The van der Waals surface area contributed by atoms with Crippen LogP contribution in [-0.4, -0.2) is 15.7 Å². The summed E-state index contributed by atoms with van der Waals surface area (Å²) >= 11 is 0. The highest BCUT2D eigenvalue weighted by Crippen LogP contribution is 2.28. The minimum absolute atomic E-state index is 0.368. The van der Waals surface area contributed by atoms with Crippen molar-refractivity contribution in [2.75, 3.05) is 0 Å². The second-order valence-electron chi connectivity index (χ2n) is 3.48. The fourth-order valence-corrected chi connectivity index (χ4v) is 1.84. The van der Waals surface area contributed by atoms with Gasteiger partial charge in [-0.2, -0.15) is 5.10 Å². The number of aromatic nitrogens is 2. The molecule has 1 aliphatic carbocycles. The van der Waals surface area contributed by atoms with Gasteiger partial charge >= 0.3 is 0 Å². The third-order valence-electron chi connectivity index (χ3n) is 2.56. The summed E-state index contributed by atoms with van der Waals surface area (Å²) in [5.74, 6) is -0.447. The quantitative estimate of drug-likeness (QED) is 0.738. The maximum absolute atomic E-state index is 10.8. The van der Waals surface area contributed by atoms with Crippen molar-refractivity contribution >= 4 is 5.91 Å². The molecule has 0 unspecified atom stereocenters. The molecule has 1 heterocycles. The first kappa shape index (κ1) is 8.29. The lowest BCUT2D eigenvalue weighted by Crippen LogP contribution is -2.13. The van der Waals surface area contributed by atoms with Crippen molar-refractivity contribution in [1.29, 1.82) is 0 Å². The number of rotatable bonds is 2. The molecule has 1 aromatic heterocycles. The van der Waals surface area contributed by atoms with Gasteiger partial charge in [-0.3, -0.25) is 9.48 Å². The molecule has 1 aliphatic rings. The summed E-state index contributed by atoms with van der Waals surface area (Å²) in [5.41, 5.74) is 5.48. The van der Waals surface area contributed by atoms with Crippen molar-refractivity contribution < 1.29 is 4.79 Å². The lowest BCUT2D eigenvalue weighted by atomic mass is 10.3. The minimum atomic E-state index is -0.447. The molecule has 1 amide bonds. The Hall–Kier alpha value is -1.32. The Kier molecular flexibility index (Phi) is 2.04. The normalized spacial score (nSPS) is 17.8. The van der Waals surface area contributed by atoms with Gasteiger partial charge in [-0.25, -0.2) is 0 Å². The standard InChI is InChI=1S/C9H13N3O/c10-9(13)8-5-6-12(11-8)7-3-1-2-4-7/h5-7H,1-4H2,(H2,10,13). The van der Waals surface area contributed by atoms with Crippen LogP contribution in [-0.2, 0) is 0 Å². The number of primary amides is 1. The molecule has 2 rings (SSSR count). The highest BCUT2D eigenvalue weighted by molar-refractivity contribution is 5.90. The Bertz CT molecular complexity index is 312. The van der Waals surface area contributed by atoms with Crippen LogP contribution in [0, 0.1) is 0 Å². The van der Waals surface area contributed by atoms with E-state index in [1.807, 2.05) is 10.9 Å². The van der Waals surface area contributed by atoms with Crippen LogP contribution in [0.2, 0.25) is 0 Å². The van der Waals surface area contributed by atoms with Crippen molar-refractivity contribution in [3.05, 3.63) is 18.0 Å². The zero-order chi connectivity index (χ0) is 9.26. The van der Waals surface area contributed by atoms with E-state index in [2.05, 4.69) is 5.10 Å². The van der Waals surface area contributed by atoms with Gasteiger partial charge in [-0.1, -0.05) is 12.8 Å². The largest absolute Gasteiger partial charge is 0.364 e. The Labute approximate surface area is 76.7 Å². The van der Waals surface area contributed by atoms with Crippen molar-refractivity contribution in [2.24, 2.45) is 5.73 Å². The molecular weight excluding hydrogens is 166 g/mol. The molecule has 4 nitrogen and oxygen atoms in total. The third kappa shape index (κ3) is 1.56. The number of carbonyl (C=O) groups excluding carboxylic acids is 1. The number of carbonyl (C=O) groups is 1. The van der Waals surface area contributed by atoms with Crippen LogP contribution in [0.3, 0.4) is 0 Å². The van der Waals surface area contributed by atoms with Crippen molar-refractivity contribution in [1.82, 2.24) is 9.78 Å². The monoisotopic (exact) mass is 179 g/mol. The summed E-state index contributed by atoms with van der Waals surface area (Å²) in [6.45, 7) is 0. The lowest BCUT2D eigenvalue weighted by Gasteiger charge is -2.08. The highest BCUT2D eigenvalue weighted by atomic mass is 16.1. The summed E-state index contributed by atoms with van der Waals surface area (Å²) in [6, 6.07) is 2.16. The smallest absolute Gasteiger partial charge is 0.269 e. The number of hydrogen-bond acceptors (Lipinski definition) is 2. The average Bonchev–Trinajstić information content (AvgIpc) is 2.75. The van der Waals surface area contributed by atoms with E-state index in [0.717, 1.165) is 0 Å². The predicted octanol–water partition coefficient (Wildman–Crippen LogP) is 1.10. The molecule has 0 atom stereocenters. The SMILES string of the molecule is NC(=O)c1ccn(C2CCCC2)n1. The van der Waals surface area contributed by atoms with E-state index in [0.29, 0.717) is 11.7 Å². The molecule has 0 saturated heterocycles. The van der Waals surface area contributed by atoms with Gasteiger partial charge in [0.15, 0.2) is 0 Å². The Morgan fingerprint density at radius 1 is 1.54 bits per heavy atom. The fourth-order valence-electron chi connectivity index (χ4n) is 1.84. The molecule has 1 saturated carbocycles. The Balaban J connectivity index is 2.16. The van der Waals surface area contributed by atoms with E-state index in [1.165, 1.54) is 25.7 Å². The third-order valence-corrected chi connectivity index (χ3v) is 2.56. The van der Waals surface area contributed by atoms with E-state index in [4.69, 9.17) is 5.73 Å². The maximum Gasteiger partial charge on any atom is 0.269 e. The molecule has 1 aromatic rings. The van der Waals surface area contributed by atoms with Crippen LogP contribution in [0.1, 0.15) is 42.2 Å². The van der Waals surface area contributed by atoms with Crippen molar-refractivity contribution in [3.63, 3.8) is 0 Å². The first-order valence-electron chi connectivity index (χ1n) is 4.62. The molecule has 0 aromatic carbocycles. The second kappa shape index (κ2) is 3.20. The van der Waals surface area contributed by atoms with Gasteiger partial charge in [0, 0.05) is 6.20 Å². The molecule has 70 valence electrons. The molecule has 0 aliphatic heterocycles. The van der Waals surface area contributed by atoms with Gasteiger partial charge in [-0.15, -0.1) is 0 Å². The van der Waals surface area contributed by atoms with E-state index in [-0.39, 0.29) is 0 Å². The summed E-state index contributed by atoms with van der Waals surface area (Å²) < 4.78 is 1.87. The van der Waals surface area contributed by atoms with Crippen molar-refractivity contribution in [2.45, 2.75) is 31.7 Å². The topological polar surface area (TPSA) is 60.9 Å². The van der Waals surface area contributed by atoms with E-state index < -0.39 is 5.91 Å². The summed E-state index contributed by atoms with van der Waals surface area (Å²) in [7, 11) is 0. The number of nitrogens with zero attached hydrogens (tertiary/aromatic N) is 2. The molecule has 1 fully saturated rings. The van der Waals surface area contributed by atoms with E-state index >= 15 is 0 Å². The van der Waals surface area contributed by atoms with Gasteiger partial charge in [0.25, 0.3) is 5.91 Å². The van der Waals surface area contributed by atoms with E-state index in [1.54, 1.807) is 6.07 Å². The summed E-state index contributed by atoms with van der Waals surface area (Å²) in [4.78, 5) is 10.8. The number of hydrogen-bond donors (Lipinski definition) is 1. The predicted molar refractivity (Wildman–Crippen MR) is 48.2 cm³/mol. The van der Waals surface area contributed by atoms with E-state index in [9.17, 15) is 4.79 Å². The molecule has 4 heteroatoms. The molecular formula is C9H13N3O. The zero-order valence-electron chi connectivity index (χ0n) is 7.44. The molecule has 0 spiro atoms. The molecule has 0 radical (unpaired) electrons. The van der Waals surface area contributed by atoms with Crippen LogP contribution in [0.15, 0.2) is 12.3 Å². The number of nitrogens with two attached hydrogens (primary N) is 1. The molecule has 13 heavy (non-hydrogen) atoms. The lowest BCUT2D eigenvalue weighted by molar-refractivity contribution is 0.0994. The van der Waals surface area contributed by atoms with Crippen LogP contribution in [0.25, 0.3) is 0 Å². The number of amides is 1. The van der Waals surface area contributed by atoms with Crippen LogP contribution in [0.4, 0.5) is 0 Å². The van der Waals surface area contributed by atoms with Gasteiger partial charge in [0.1, 0.15) is 5.69 Å². The van der Waals surface area contributed by atoms with Gasteiger partial charge < -0.3 is 5.73 Å². The Morgan fingerprint density at radius 2 is 2.23 bits per heavy atom. The fraction of sp³-hybridized carbons (Fsp3) is 0.556. The van der Waals surface area contributed by atoms with Crippen LogP contribution >= 0.6 is 0 Å². The molecule has 2 N–H and O–H groups in total. The summed E-state index contributed by atoms with van der Waals surface area (Å²) in [6.07, 6.45) is 6.70. The highest BCUT2D eigenvalue weighted by Gasteiger charge is 2.18. The first-order chi connectivity index (χ1) is 6.27. The zero-order valence-corrected chi connectivity index (χ0v) is 7.44. The second-order valence-corrected chi connectivity index (χ2v) is 3.48. The first-order valence-corrected chi connectivity index (χ1v) is 4.62. The van der Waals surface area contributed by atoms with Gasteiger partial charge in [0.05, 0.1) is 6.04 Å². The average molecular weight is 179 g/mol. The Morgan fingerprint density at radius 3 is 2.77 bits per heavy atom. The maximum atomic E-state index is 10.8.